The number of aryl methyl sites for hydroxylation is 1. The molecule has 4 nitrogen and oxygen atoms in total. The van der Waals surface area contributed by atoms with Gasteiger partial charge in [0.25, 0.3) is 0 Å². The summed E-state index contributed by atoms with van der Waals surface area (Å²) in [5, 5.41) is 7.01. The maximum Gasteiger partial charge on any atom is 0.223 e. The molecule has 0 unspecified atom stereocenters. The Morgan fingerprint density at radius 2 is 2.07 bits per heavy atom. The highest BCUT2D eigenvalue weighted by Crippen LogP contribution is 2.11. The van der Waals surface area contributed by atoms with Crippen LogP contribution in [0.25, 0.3) is 0 Å². The van der Waals surface area contributed by atoms with Crippen LogP contribution in [0.4, 0.5) is 5.69 Å². The molecule has 0 spiro atoms. The first-order chi connectivity index (χ1) is 7.24. The normalized spacial score (nSPS) is 10.3. The van der Waals surface area contributed by atoms with Crippen molar-refractivity contribution in [2.45, 2.75) is 13.5 Å². The van der Waals surface area contributed by atoms with Gasteiger partial charge in [0.05, 0.1) is 6.54 Å². The number of nitrogens with one attached hydrogen (secondary N) is 1. The second-order valence-electron chi connectivity index (χ2n) is 3.09. The van der Waals surface area contributed by atoms with Gasteiger partial charge in [-0.05, 0) is 46.9 Å². The van der Waals surface area contributed by atoms with E-state index >= 15 is 0 Å². The van der Waals surface area contributed by atoms with Crippen molar-refractivity contribution in [1.29, 1.82) is 0 Å². The van der Waals surface area contributed by atoms with E-state index in [4.69, 9.17) is 4.52 Å². The lowest BCUT2D eigenvalue weighted by atomic mass is 10.3. The highest BCUT2D eigenvalue weighted by molar-refractivity contribution is 14.1. The molecule has 0 aliphatic carbocycles. The van der Waals surface area contributed by atoms with Crippen LogP contribution in [0.3, 0.4) is 0 Å². The van der Waals surface area contributed by atoms with E-state index in [1.54, 1.807) is 6.92 Å². The monoisotopic (exact) mass is 315 g/mol. The molecule has 0 saturated heterocycles. The van der Waals surface area contributed by atoms with Gasteiger partial charge in [-0.25, -0.2) is 0 Å². The van der Waals surface area contributed by atoms with Crippen molar-refractivity contribution in [3.8, 4) is 0 Å². The first kappa shape index (κ1) is 10.4. The fraction of sp³-hybridized carbons (Fsp3) is 0.200. The quantitative estimate of drug-likeness (QED) is 0.885. The molecule has 1 aromatic carbocycles. The van der Waals surface area contributed by atoms with E-state index in [2.05, 4.69) is 38.0 Å². The van der Waals surface area contributed by atoms with E-state index in [0.717, 1.165) is 5.69 Å². The van der Waals surface area contributed by atoms with Crippen LogP contribution in [-0.2, 0) is 6.54 Å². The van der Waals surface area contributed by atoms with Crippen molar-refractivity contribution in [2.24, 2.45) is 0 Å². The Morgan fingerprint density at radius 3 is 2.67 bits per heavy atom. The topological polar surface area (TPSA) is 51.0 Å². The molecule has 1 heterocycles. The van der Waals surface area contributed by atoms with Crippen LogP contribution in [0.1, 0.15) is 11.7 Å². The molecular formula is C10H10IN3O. The number of hydrogen-bond acceptors (Lipinski definition) is 4. The SMILES string of the molecule is Cc1nc(CNc2ccc(I)cc2)no1. The largest absolute Gasteiger partial charge is 0.378 e. The Balaban J connectivity index is 1.96. The van der Waals surface area contributed by atoms with E-state index in [9.17, 15) is 0 Å². The Kier molecular flexibility index (Phi) is 3.20. The summed E-state index contributed by atoms with van der Waals surface area (Å²) in [4.78, 5) is 4.10. The predicted molar refractivity (Wildman–Crippen MR) is 65.5 cm³/mol. The molecule has 0 saturated carbocycles. The highest BCUT2D eigenvalue weighted by atomic mass is 127. The van der Waals surface area contributed by atoms with Crippen molar-refractivity contribution in [3.05, 3.63) is 39.6 Å². The Hall–Kier alpha value is -1.11. The minimum atomic E-state index is 0.581. The molecule has 0 radical (unpaired) electrons. The number of aromatic nitrogens is 2. The number of nitrogens with zero attached hydrogens (tertiary/aromatic N) is 2. The van der Waals surface area contributed by atoms with Crippen molar-refractivity contribution in [2.75, 3.05) is 5.32 Å². The Morgan fingerprint density at radius 1 is 1.33 bits per heavy atom. The van der Waals surface area contributed by atoms with Crippen molar-refractivity contribution < 1.29 is 4.52 Å². The van der Waals surface area contributed by atoms with Gasteiger partial charge in [0.15, 0.2) is 5.82 Å². The molecule has 0 fully saturated rings. The molecule has 0 aliphatic heterocycles. The van der Waals surface area contributed by atoms with Crippen LogP contribution >= 0.6 is 22.6 Å². The minimum Gasteiger partial charge on any atom is -0.378 e. The number of benzene rings is 1. The zero-order valence-corrected chi connectivity index (χ0v) is 10.4. The number of rotatable bonds is 3. The molecule has 5 heteroatoms. The maximum absolute atomic E-state index is 4.87. The number of halogens is 1. The summed E-state index contributed by atoms with van der Waals surface area (Å²) in [6.45, 7) is 2.36. The van der Waals surface area contributed by atoms with Crippen molar-refractivity contribution in [1.82, 2.24) is 10.1 Å². The molecule has 78 valence electrons. The summed E-state index contributed by atoms with van der Waals surface area (Å²) in [5.74, 6) is 1.26. The van der Waals surface area contributed by atoms with Gasteiger partial charge in [-0.15, -0.1) is 0 Å². The van der Waals surface area contributed by atoms with Crippen LogP contribution in [0.5, 0.6) is 0 Å². The fourth-order valence-electron chi connectivity index (χ4n) is 1.16. The Bertz CT molecular complexity index is 438. The second kappa shape index (κ2) is 4.61. The lowest BCUT2D eigenvalue weighted by molar-refractivity contribution is 0.388. The zero-order valence-electron chi connectivity index (χ0n) is 8.20. The first-order valence-corrected chi connectivity index (χ1v) is 5.60. The van der Waals surface area contributed by atoms with Crippen LogP contribution in [0, 0.1) is 10.5 Å². The van der Waals surface area contributed by atoms with E-state index < -0.39 is 0 Å². The lowest BCUT2D eigenvalue weighted by Gasteiger charge is -2.02. The summed E-state index contributed by atoms with van der Waals surface area (Å²) in [6.07, 6.45) is 0. The smallest absolute Gasteiger partial charge is 0.223 e. The molecule has 2 rings (SSSR count). The lowest BCUT2D eigenvalue weighted by Crippen LogP contribution is -2.00. The molecule has 0 bridgehead atoms. The molecular weight excluding hydrogens is 305 g/mol. The van der Waals surface area contributed by atoms with E-state index in [1.807, 2.05) is 24.3 Å². The average Bonchev–Trinajstić information content (AvgIpc) is 2.64. The Labute approximate surface area is 101 Å². The number of hydrogen-bond donors (Lipinski definition) is 1. The third-order valence-corrected chi connectivity index (χ3v) is 2.58. The predicted octanol–water partition coefficient (Wildman–Crippen LogP) is 2.59. The van der Waals surface area contributed by atoms with Gasteiger partial charge in [0.1, 0.15) is 0 Å². The maximum atomic E-state index is 4.87. The average molecular weight is 315 g/mol. The molecule has 0 amide bonds. The van der Waals surface area contributed by atoms with Gasteiger partial charge in [-0.1, -0.05) is 5.16 Å². The van der Waals surface area contributed by atoms with E-state index in [0.29, 0.717) is 18.3 Å². The van der Waals surface area contributed by atoms with Gasteiger partial charge in [-0.2, -0.15) is 4.98 Å². The summed E-state index contributed by atoms with van der Waals surface area (Å²) < 4.78 is 6.09. The van der Waals surface area contributed by atoms with Gasteiger partial charge >= 0.3 is 0 Å². The molecule has 1 aromatic heterocycles. The molecule has 0 atom stereocenters. The van der Waals surface area contributed by atoms with Crippen molar-refractivity contribution >= 4 is 28.3 Å². The number of anilines is 1. The van der Waals surface area contributed by atoms with Crippen LogP contribution in [0.15, 0.2) is 28.8 Å². The fourth-order valence-corrected chi connectivity index (χ4v) is 1.52. The van der Waals surface area contributed by atoms with Gasteiger partial charge in [0.2, 0.25) is 5.89 Å². The molecule has 1 N–H and O–H groups in total. The minimum absolute atomic E-state index is 0.581. The zero-order chi connectivity index (χ0) is 10.7. The molecule has 0 aliphatic rings. The van der Waals surface area contributed by atoms with Gasteiger partial charge in [-0.3, -0.25) is 0 Å². The first-order valence-electron chi connectivity index (χ1n) is 4.52. The summed E-state index contributed by atoms with van der Waals surface area (Å²) in [5.41, 5.74) is 1.05. The summed E-state index contributed by atoms with van der Waals surface area (Å²) >= 11 is 2.27. The highest BCUT2D eigenvalue weighted by Gasteiger charge is 2.01. The van der Waals surface area contributed by atoms with Gasteiger partial charge < -0.3 is 9.84 Å². The van der Waals surface area contributed by atoms with E-state index in [-0.39, 0.29) is 0 Å². The third kappa shape index (κ3) is 2.92. The standard InChI is InChI=1S/C10H10IN3O/c1-7-13-10(14-15-7)6-12-9-4-2-8(11)3-5-9/h2-5,12H,6H2,1H3. The summed E-state index contributed by atoms with van der Waals surface area (Å²) in [7, 11) is 0. The van der Waals surface area contributed by atoms with Crippen LogP contribution in [-0.4, -0.2) is 10.1 Å². The van der Waals surface area contributed by atoms with Crippen LogP contribution in [0.2, 0.25) is 0 Å². The van der Waals surface area contributed by atoms with Gasteiger partial charge in [0, 0.05) is 16.2 Å². The molecule has 15 heavy (non-hydrogen) atoms. The van der Waals surface area contributed by atoms with E-state index in [1.165, 1.54) is 3.57 Å². The van der Waals surface area contributed by atoms with Crippen LogP contribution < -0.4 is 5.32 Å². The molecule has 2 aromatic rings. The van der Waals surface area contributed by atoms with Crippen molar-refractivity contribution in [3.63, 3.8) is 0 Å². The summed E-state index contributed by atoms with van der Waals surface area (Å²) in [6, 6.07) is 8.14. The second-order valence-corrected chi connectivity index (χ2v) is 4.34. The third-order valence-electron chi connectivity index (χ3n) is 1.86.